The summed E-state index contributed by atoms with van der Waals surface area (Å²) in [5.41, 5.74) is 0.333. The molecule has 2 rings (SSSR count). The number of nitrogens with one attached hydrogen (secondary N) is 1. The molecule has 5 nitrogen and oxygen atoms in total. The van der Waals surface area contributed by atoms with Crippen LogP contribution in [0.25, 0.3) is 0 Å². The Morgan fingerprint density at radius 1 is 1.20 bits per heavy atom. The second kappa shape index (κ2) is 5.87. The minimum Gasteiger partial charge on any atom is -0.495 e. The molecule has 0 bridgehead atoms. The van der Waals surface area contributed by atoms with Gasteiger partial charge in [-0.25, -0.2) is 13.4 Å². The van der Waals surface area contributed by atoms with E-state index in [1.54, 1.807) is 0 Å². The van der Waals surface area contributed by atoms with Crippen LogP contribution in [0.3, 0.4) is 0 Å². The van der Waals surface area contributed by atoms with Crippen molar-refractivity contribution >= 4 is 38.9 Å². The number of aromatic nitrogens is 1. The number of ether oxygens (including phenoxy) is 1. The molecule has 0 saturated heterocycles. The summed E-state index contributed by atoms with van der Waals surface area (Å²) in [6.45, 7) is 0. The highest BCUT2D eigenvalue weighted by Crippen LogP contribution is 2.28. The summed E-state index contributed by atoms with van der Waals surface area (Å²) in [4.78, 5) is 3.75. The molecule has 1 heterocycles. The first-order valence-electron chi connectivity index (χ1n) is 5.40. The van der Waals surface area contributed by atoms with Crippen molar-refractivity contribution in [3.63, 3.8) is 0 Å². The minimum atomic E-state index is -3.75. The summed E-state index contributed by atoms with van der Waals surface area (Å²) in [7, 11) is -2.30. The molecular formula is C12H10Cl2N2O3S. The number of hydrogen-bond donors (Lipinski definition) is 1. The smallest absolute Gasteiger partial charge is 0.262 e. The van der Waals surface area contributed by atoms with Crippen molar-refractivity contribution in [3.8, 4) is 5.75 Å². The Morgan fingerprint density at radius 3 is 2.60 bits per heavy atom. The van der Waals surface area contributed by atoms with Crippen LogP contribution in [0.2, 0.25) is 10.2 Å². The molecule has 0 spiro atoms. The van der Waals surface area contributed by atoms with Crippen molar-refractivity contribution in [2.45, 2.75) is 4.90 Å². The molecule has 1 N–H and O–H groups in total. The van der Waals surface area contributed by atoms with Gasteiger partial charge in [0.05, 0.1) is 22.7 Å². The SMILES string of the molecule is COc1cc(NS(=O)(=O)c2ccnc(Cl)c2)ccc1Cl. The van der Waals surface area contributed by atoms with Crippen LogP contribution in [0.5, 0.6) is 5.75 Å². The van der Waals surface area contributed by atoms with E-state index in [1.165, 1.54) is 43.6 Å². The maximum Gasteiger partial charge on any atom is 0.262 e. The maximum absolute atomic E-state index is 12.2. The fraction of sp³-hybridized carbons (Fsp3) is 0.0833. The number of hydrogen-bond acceptors (Lipinski definition) is 4. The van der Waals surface area contributed by atoms with Crippen LogP contribution in [0.4, 0.5) is 5.69 Å². The lowest BCUT2D eigenvalue weighted by molar-refractivity contribution is 0.415. The molecule has 106 valence electrons. The topological polar surface area (TPSA) is 68.3 Å². The first kappa shape index (κ1) is 14.9. The standard InChI is InChI=1S/C12H10Cl2N2O3S/c1-19-11-6-8(2-3-10(11)13)16-20(17,18)9-4-5-15-12(14)7-9/h2-7,16H,1H3. The number of anilines is 1. The molecule has 1 aromatic carbocycles. The van der Waals surface area contributed by atoms with Gasteiger partial charge in [-0.15, -0.1) is 0 Å². The van der Waals surface area contributed by atoms with Crippen molar-refractivity contribution in [2.24, 2.45) is 0 Å². The van der Waals surface area contributed by atoms with Crippen molar-refractivity contribution in [2.75, 3.05) is 11.8 Å². The molecule has 0 saturated carbocycles. The summed E-state index contributed by atoms with van der Waals surface area (Å²) in [5.74, 6) is 0.375. The molecule has 1 aromatic heterocycles. The van der Waals surface area contributed by atoms with Gasteiger partial charge < -0.3 is 4.74 Å². The number of pyridine rings is 1. The van der Waals surface area contributed by atoms with E-state index < -0.39 is 10.0 Å². The van der Waals surface area contributed by atoms with Crippen LogP contribution in [0, 0.1) is 0 Å². The molecule has 0 unspecified atom stereocenters. The molecule has 20 heavy (non-hydrogen) atoms. The van der Waals surface area contributed by atoms with Crippen LogP contribution in [-0.2, 0) is 10.0 Å². The first-order valence-corrected chi connectivity index (χ1v) is 7.64. The predicted molar refractivity (Wildman–Crippen MR) is 78.1 cm³/mol. The number of methoxy groups -OCH3 is 1. The summed E-state index contributed by atoms with van der Waals surface area (Å²) in [5, 5.41) is 0.490. The van der Waals surface area contributed by atoms with Crippen molar-refractivity contribution in [3.05, 3.63) is 46.7 Å². The summed E-state index contributed by atoms with van der Waals surface area (Å²) in [6, 6.07) is 7.17. The van der Waals surface area contributed by atoms with Gasteiger partial charge in [0.15, 0.2) is 0 Å². The van der Waals surface area contributed by atoms with E-state index in [9.17, 15) is 8.42 Å². The van der Waals surface area contributed by atoms with Crippen LogP contribution < -0.4 is 9.46 Å². The molecule has 0 fully saturated rings. The van der Waals surface area contributed by atoms with E-state index in [1.807, 2.05) is 0 Å². The normalized spacial score (nSPS) is 11.2. The van der Waals surface area contributed by atoms with Gasteiger partial charge in [-0.05, 0) is 24.3 Å². The lowest BCUT2D eigenvalue weighted by atomic mass is 10.3. The molecule has 0 aliphatic carbocycles. The van der Waals surface area contributed by atoms with Gasteiger partial charge in [-0.3, -0.25) is 4.72 Å². The van der Waals surface area contributed by atoms with E-state index in [4.69, 9.17) is 27.9 Å². The summed E-state index contributed by atoms with van der Waals surface area (Å²) < 4.78 is 31.8. The molecule has 0 aliphatic heterocycles. The van der Waals surface area contributed by atoms with E-state index in [-0.39, 0.29) is 10.0 Å². The van der Waals surface area contributed by atoms with Gasteiger partial charge >= 0.3 is 0 Å². The zero-order chi connectivity index (χ0) is 14.8. The van der Waals surface area contributed by atoms with Crippen molar-refractivity contribution in [1.82, 2.24) is 4.98 Å². The van der Waals surface area contributed by atoms with Crippen LogP contribution in [0.1, 0.15) is 0 Å². The summed E-state index contributed by atoms with van der Waals surface area (Å²) in [6.07, 6.45) is 1.32. The fourth-order valence-electron chi connectivity index (χ4n) is 1.49. The Morgan fingerprint density at radius 2 is 1.95 bits per heavy atom. The Balaban J connectivity index is 2.33. The maximum atomic E-state index is 12.2. The highest BCUT2D eigenvalue weighted by atomic mass is 35.5. The summed E-state index contributed by atoms with van der Waals surface area (Å²) >= 11 is 11.6. The Hall–Kier alpha value is -1.50. The van der Waals surface area contributed by atoms with Crippen molar-refractivity contribution < 1.29 is 13.2 Å². The lowest BCUT2D eigenvalue weighted by Gasteiger charge is -2.10. The fourth-order valence-corrected chi connectivity index (χ4v) is 2.98. The predicted octanol–water partition coefficient (Wildman–Crippen LogP) is 3.20. The molecular weight excluding hydrogens is 323 g/mol. The quantitative estimate of drug-likeness (QED) is 0.873. The number of nitrogens with zero attached hydrogens (tertiary/aromatic N) is 1. The first-order chi connectivity index (χ1) is 9.42. The van der Waals surface area contributed by atoms with Crippen molar-refractivity contribution in [1.29, 1.82) is 0 Å². The van der Waals surface area contributed by atoms with Gasteiger partial charge in [-0.2, -0.15) is 0 Å². The minimum absolute atomic E-state index is 0.0198. The average molecular weight is 333 g/mol. The molecule has 0 aliphatic rings. The average Bonchev–Trinajstić information content (AvgIpc) is 2.40. The number of sulfonamides is 1. The zero-order valence-electron chi connectivity index (χ0n) is 10.3. The lowest BCUT2D eigenvalue weighted by Crippen LogP contribution is -2.13. The van der Waals surface area contributed by atoms with Gasteiger partial charge in [0.25, 0.3) is 10.0 Å². The van der Waals surface area contributed by atoms with E-state index in [2.05, 4.69) is 9.71 Å². The van der Waals surface area contributed by atoms with E-state index >= 15 is 0 Å². The van der Waals surface area contributed by atoms with Crippen LogP contribution in [-0.4, -0.2) is 20.5 Å². The van der Waals surface area contributed by atoms with Crippen LogP contribution >= 0.6 is 23.2 Å². The third kappa shape index (κ3) is 3.33. The number of halogens is 2. The molecule has 8 heteroatoms. The Labute approximate surface area is 126 Å². The molecule has 0 radical (unpaired) electrons. The van der Waals surface area contributed by atoms with E-state index in [0.29, 0.717) is 16.5 Å². The largest absolute Gasteiger partial charge is 0.495 e. The zero-order valence-corrected chi connectivity index (χ0v) is 12.6. The van der Waals surface area contributed by atoms with Gasteiger partial charge in [0, 0.05) is 12.3 Å². The Bertz CT molecular complexity index is 735. The molecule has 2 aromatic rings. The monoisotopic (exact) mass is 332 g/mol. The van der Waals surface area contributed by atoms with Gasteiger partial charge in [0.1, 0.15) is 10.9 Å². The van der Waals surface area contributed by atoms with Gasteiger partial charge in [0.2, 0.25) is 0 Å². The molecule has 0 atom stereocenters. The second-order valence-electron chi connectivity index (χ2n) is 3.77. The highest BCUT2D eigenvalue weighted by Gasteiger charge is 2.15. The van der Waals surface area contributed by atoms with Crippen LogP contribution in [0.15, 0.2) is 41.4 Å². The second-order valence-corrected chi connectivity index (χ2v) is 6.25. The van der Waals surface area contributed by atoms with Gasteiger partial charge in [-0.1, -0.05) is 23.2 Å². The Kier molecular flexibility index (Phi) is 4.37. The molecule has 0 amide bonds. The van der Waals surface area contributed by atoms with E-state index in [0.717, 1.165) is 0 Å². The number of rotatable bonds is 4. The number of benzene rings is 1. The highest BCUT2D eigenvalue weighted by molar-refractivity contribution is 7.92. The third-order valence-corrected chi connectivity index (χ3v) is 4.31. The third-order valence-electron chi connectivity index (χ3n) is 2.41.